The first-order valence-electron chi connectivity index (χ1n) is 11.7. The van der Waals surface area contributed by atoms with E-state index >= 15 is 0 Å². The first-order chi connectivity index (χ1) is 16.2. The van der Waals surface area contributed by atoms with E-state index in [-0.39, 0.29) is 30.2 Å². The van der Waals surface area contributed by atoms with Crippen molar-refractivity contribution in [3.05, 3.63) is 29.3 Å². The highest BCUT2D eigenvalue weighted by Crippen LogP contribution is 2.40. The number of alkyl halides is 3. The molecule has 3 fully saturated rings. The molecule has 3 aliphatic rings. The standard InChI is InChI=1S/C24H29F3N4O3/c25-24(26,27)21-11-18(2-1-17(21)12-28)31-13-19(20(14-31)22(29)32)15-3-7-30(8-4-15)23(33)16-5-9-34-10-6-16/h1-2,11,15-16,19-20H,3-10,13-14H2,(H2,29,32)/t19-,20+/m0/s1. The van der Waals surface area contributed by atoms with Crippen molar-refractivity contribution in [2.45, 2.75) is 31.9 Å². The van der Waals surface area contributed by atoms with Gasteiger partial charge in [0.1, 0.15) is 0 Å². The molecule has 3 heterocycles. The van der Waals surface area contributed by atoms with E-state index < -0.39 is 29.1 Å². The van der Waals surface area contributed by atoms with Crippen LogP contribution in [-0.4, -0.2) is 56.1 Å². The largest absolute Gasteiger partial charge is 0.417 e. The van der Waals surface area contributed by atoms with Crippen LogP contribution in [0.1, 0.15) is 36.8 Å². The fourth-order valence-electron chi connectivity index (χ4n) is 5.63. The van der Waals surface area contributed by atoms with E-state index in [2.05, 4.69) is 0 Å². The molecule has 0 unspecified atom stereocenters. The Morgan fingerprint density at radius 3 is 2.35 bits per heavy atom. The molecule has 1 aromatic carbocycles. The summed E-state index contributed by atoms with van der Waals surface area (Å²) in [5.74, 6) is -0.710. The molecule has 0 aromatic heterocycles. The van der Waals surface area contributed by atoms with Gasteiger partial charge in [0, 0.05) is 51.0 Å². The summed E-state index contributed by atoms with van der Waals surface area (Å²) in [6, 6.07) is 5.23. The monoisotopic (exact) mass is 478 g/mol. The average Bonchev–Trinajstić information content (AvgIpc) is 3.29. The summed E-state index contributed by atoms with van der Waals surface area (Å²) < 4.78 is 45.6. The minimum Gasteiger partial charge on any atom is -0.381 e. The van der Waals surface area contributed by atoms with E-state index in [1.807, 2.05) is 4.90 Å². The molecule has 4 rings (SSSR count). The highest BCUT2D eigenvalue weighted by Gasteiger charge is 2.43. The normalized spacial score (nSPS) is 24.8. The Balaban J connectivity index is 1.45. The fraction of sp³-hybridized carbons (Fsp3) is 0.625. The molecule has 0 saturated carbocycles. The number of likely N-dealkylation sites (tertiary alicyclic amines) is 1. The van der Waals surface area contributed by atoms with Crippen LogP contribution < -0.4 is 10.6 Å². The summed E-state index contributed by atoms with van der Waals surface area (Å²) in [6.45, 7) is 3.09. The van der Waals surface area contributed by atoms with Crippen LogP contribution in [0.2, 0.25) is 0 Å². The van der Waals surface area contributed by atoms with Gasteiger partial charge in [0.05, 0.1) is 23.1 Å². The van der Waals surface area contributed by atoms with E-state index in [9.17, 15) is 22.8 Å². The number of nitrogens with two attached hydrogens (primary N) is 1. The molecular formula is C24H29F3N4O3. The smallest absolute Gasteiger partial charge is 0.381 e. The van der Waals surface area contributed by atoms with Gasteiger partial charge < -0.3 is 20.3 Å². The minimum atomic E-state index is -4.65. The van der Waals surface area contributed by atoms with Crippen molar-refractivity contribution in [1.29, 1.82) is 5.26 Å². The number of rotatable bonds is 4. The number of piperidine rings is 1. The molecule has 184 valence electrons. The molecule has 0 spiro atoms. The number of hydrogen-bond donors (Lipinski definition) is 1. The molecule has 3 saturated heterocycles. The van der Waals surface area contributed by atoms with E-state index in [0.29, 0.717) is 38.5 Å². The highest BCUT2D eigenvalue weighted by molar-refractivity contribution is 5.79. The van der Waals surface area contributed by atoms with Gasteiger partial charge in [0.2, 0.25) is 11.8 Å². The van der Waals surface area contributed by atoms with Crippen LogP contribution >= 0.6 is 0 Å². The number of nitrogens with zero attached hydrogens (tertiary/aromatic N) is 3. The lowest BCUT2D eigenvalue weighted by atomic mass is 9.78. The lowest BCUT2D eigenvalue weighted by molar-refractivity contribution is -0.140. The maximum Gasteiger partial charge on any atom is 0.417 e. The maximum absolute atomic E-state index is 13.4. The number of benzene rings is 1. The Labute approximate surface area is 196 Å². The molecule has 1 aromatic rings. The van der Waals surface area contributed by atoms with Crippen LogP contribution in [0.15, 0.2) is 18.2 Å². The van der Waals surface area contributed by atoms with Gasteiger partial charge in [-0.25, -0.2) is 0 Å². The molecule has 10 heteroatoms. The number of ether oxygens (including phenoxy) is 1. The second-order valence-corrected chi connectivity index (χ2v) is 9.47. The lowest BCUT2D eigenvalue weighted by Crippen LogP contribution is -2.45. The third-order valence-corrected chi connectivity index (χ3v) is 7.55. The maximum atomic E-state index is 13.4. The summed E-state index contributed by atoms with van der Waals surface area (Å²) in [5, 5.41) is 9.05. The van der Waals surface area contributed by atoms with E-state index in [4.69, 9.17) is 15.7 Å². The lowest BCUT2D eigenvalue weighted by Gasteiger charge is -2.38. The molecule has 0 bridgehead atoms. The van der Waals surface area contributed by atoms with E-state index in [0.717, 1.165) is 31.7 Å². The number of anilines is 1. The molecule has 3 aliphatic heterocycles. The predicted octanol–water partition coefficient (Wildman–Crippen LogP) is 2.78. The molecular weight excluding hydrogens is 449 g/mol. The first-order valence-corrected chi connectivity index (χ1v) is 11.7. The number of carbonyl (C=O) groups excluding carboxylic acids is 2. The van der Waals surface area contributed by atoms with Gasteiger partial charge in [-0.05, 0) is 55.7 Å². The number of nitriles is 1. The summed E-state index contributed by atoms with van der Waals surface area (Å²) in [5.41, 5.74) is 4.60. The first kappa shape index (κ1) is 24.3. The summed E-state index contributed by atoms with van der Waals surface area (Å²) in [7, 11) is 0. The Morgan fingerprint density at radius 2 is 1.76 bits per heavy atom. The molecule has 2 atom stereocenters. The van der Waals surface area contributed by atoms with Crippen molar-refractivity contribution < 1.29 is 27.5 Å². The van der Waals surface area contributed by atoms with Gasteiger partial charge >= 0.3 is 6.18 Å². The summed E-state index contributed by atoms with van der Waals surface area (Å²) in [4.78, 5) is 28.7. The third kappa shape index (κ3) is 4.99. The summed E-state index contributed by atoms with van der Waals surface area (Å²) in [6.07, 6.45) is -1.70. The van der Waals surface area contributed by atoms with Crippen LogP contribution in [0, 0.1) is 35.0 Å². The molecule has 34 heavy (non-hydrogen) atoms. The van der Waals surface area contributed by atoms with Crippen LogP contribution in [-0.2, 0) is 20.5 Å². The molecule has 0 aliphatic carbocycles. The van der Waals surface area contributed by atoms with Crippen LogP contribution in [0.5, 0.6) is 0 Å². The average molecular weight is 479 g/mol. The molecule has 7 nitrogen and oxygen atoms in total. The number of halogens is 3. The number of carbonyl (C=O) groups is 2. The van der Waals surface area contributed by atoms with Crippen molar-refractivity contribution in [3.8, 4) is 6.07 Å². The second-order valence-electron chi connectivity index (χ2n) is 9.47. The van der Waals surface area contributed by atoms with Crippen LogP contribution in [0.3, 0.4) is 0 Å². The van der Waals surface area contributed by atoms with Gasteiger partial charge in [-0.2, -0.15) is 18.4 Å². The van der Waals surface area contributed by atoms with Crippen LogP contribution in [0.25, 0.3) is 0 Å². The van der Waals surface area contributed by atoms with Gasteiger partial charge in [0.15, 0.2) is 0 Å². The minimum absolute atomic E-state index is 0.00449. The van der Waals surface area contributed by atoms with Crippen molar-refractivity contribution in [1.82, 2.24) is 4.90 Å². The quantitative estimate of drug-likeness (QED) is 0.718. The number of amides is 2. The van der Waals surface area contributed by atoms with Crippen molar-refractivity contribution >= 4 is 17.5 Å². The summed E-state index contributed by atoms with van der Waals surface area (Å²) >= 11 is 0. The van der Waals surface area contributed by atoms with Gasteiger partial charge in [-0.3, -0.25) is 9.59 Å². The third-order valence-electron chi connectivity index (χ3n) is 7.55. The van der Waals surface area contributed by atoms with Crippen molar-refractivity contribution in [3.63, 3.8) is 0 Å². The molecule has 0 radical (unpaired) electrons. The Kier molecular flexibility index (Phi) is 7.03. The number of hydrogen-bond acceptors (Lipinski definition) is 5. The Morgan fingerprint density at radius 1 is 1.09 bits per heavy atom. The Bertz CT molecular complexity index is 963. The predicted molar refractivity (Wildman–Crippen MR) is 117 cm³/mol. The van der Waals surface area contributed by atoms with Gasteiger partial charge in [-0.15, -0.1) is 0 Å². The number of primary amides is 1. The van der Waals surface area contributed by atoms with Crippen LogP contribution in [0.4, 0.5) is 18.9 Å². The highest BCUT2D eigenvalue weighted by atomic mass is 19.4. The van der Waals surface area contributed by atoms with E-state index in [1.54, 1.807) is 11.0 Å². The zero-order valence-corrected chi connectivity index (χ0v) is 18.9. The SMILES string of the molecule is N#Cc1ccc(N2C[C@@H](C(N)=O)[C@H](C3CCN(C(=O)C4CCOCC4)CC3)C2)cc1C(F)(F)F. The van der Waals surface area contributed by atoms with Gasteiger partial charge in [0.25, 0.3) is 0 Å². The fourth-order valence-corrected chi connectivity index (χ4v) is 5.63. The van der Waals surface area contributed by atoms with E-state index in [1.165, 1.54) is 12.1 Å². The zero-order chi connectivity index (χ0) is 24.5. The zero-order valence-electron chi connectivity index (χ0n) is 18.9. The van der Waals surface area contributed by atoms with Gasteiger partial charge in [-0.1, -0.05) is 0 Å². The Hall–Kier alpha value is -2.80. The topological polar surface area (TPSA) is 99.7 Å². The second kappa shape index (κ2) is 9.82. The molecule has 2 N–H and O–H groups in total. The van der Waals surface area contributed by atoms with Crippen molar-refractivity contribution in [2.75, 3.05) is 44.3 Å². The molecule has 2 amide bonds. The van der Waals surface area contributed by atoms with Crippen molar-refractivity contribution in [2.24, 2.45) is 29.4 Å².